The van der Waals surface area contributed by atoms with Gasteiger partial charge < -0.3 is 9.84 Å². The molecule has 0 aliphatic rings. The van der Waals surface area contributed by atoms with Gasteiger partial charge in [-0.2, -0.15) is 0 Å². The molecule has 0 aliphatic heterocycles. The third kappa shape index (κ3) is 3.28. The molecule has 2 aromatic rings. The van der Waals surface area contributed by atoms with E-state index in [0.717, 1.165) is 23.8 Å². The van der Waals surface area contributed by atoms with Gasteiger partial charge in [0.05, 0.1) is 19.4 Å². The lowest BCUT2D eigenvalue weighted by Crippen LogP contribution is -2.20. The Bertz CT molecular complexity index is 497. The monoisotopic (exact) mass is 247 g/mol. The van der Waals surface area contributed by atoms with Gasteiger partial charge in [0.2, 0.25) is 0 Å². The molecule has 0 saturated heterocycles. The molecule has 18 heavy (non-hydrogen) atoms. The summed E-state index contributed by atoms with van der Waals surface area (Å²) in [5.74, 6) is 7.64. The fourth-order valence-corrected chi connectivity index (χ4v) is 1.74. The van der Waals surface area contributed by atoms with E-state index in [9.17, 15) is 0 Å². The molecule has 6 nitrogen and oxygen atoms in total. The van der Waals surface area contributed by atoms with Crippen LogP contribution in [-0.2, 0) is 13.1 Å². The molecule has 0 aliphatic carbocycles. The molecule has 0 aromatic carbocycles. The first kappa shape index (κ1) is 12.5. The zero-order valence-electron chi connectivity index (χ0n) is 10.6. The minimum absolute atomic E-state index is 0.629. The van der Waals surface area contributed by atoms with Crippen molar-refractivity contribution in [2.75, 3.05) is 12.5 Å². The molecule has 2 aromatic heterocycles. The lowest BCUT2D eigenvalue weighted by atomic mass is 10.3. The summed E-state index contributed by atoms with van der Waals surface area (Å²) in [6.07, 6.45) is 1.67. The summed E-state index contributed by atoms with van der Waals surface area (Å²) in [6, 6.07) is 5.62. The van der Waals surface area contributed by atoms with E-state index >= 15 is 0 Å². The minimum atomic E-state index is 0.629. The summed E-state index contributed by atoms with van der Waals surface area (Å²) < 4.78 is 5.30. The van der Waals surface area contributed by atoms with E-state index in [1.54, 1.807) is 12.3 Å². The van der Waals surface area contributed by atoms with Gasteiger partial charge in [0.25, 0.3) is 0 Å². The van der Waals surface area contributed by atoms with E-state index in [4.69, 9.17) is 10.3 Å². The molecule has 0 bridgehead atoms. The Labute approximate surface area is 106 Å². The zero-order valence-corrected chi connectivity index (χ0v) is 10.6. The number of aryl methyl sites for hydroxylation is 1. The standard InChI is InChI=1S/C12H17N5O/c1-9-6-11(16-13)15-12(14-9)8-17(2)7-10-4-3-5-18-10/h3-6H,7-8,13H2,1-2H3,(H,14,15,16). The average Bonchev–Trinajstić information content (AvgIpc) is 2.80. The van der Waals surface area contributed by atoms with Crippen molar-refractivity contribution in [3.05, 3.63) is 41.7 Å². The summed E-state index contributed by atoms with van der Waals surface area (Å²) in [6.45, 7) is 3.27. The van der Waals surface area contributed by atoms with E-state index < -0.39 is 0 Å². The molecule has 0 fully saturated rings. The van der Waals surface area contributed by atoms with E-state index in [1.807, 2.05) is 26.1 Å². The fraction of sp³-hybridized carbons (Fsp3) is 0.333. The molecule has 3 N–H and O–H groups in total. The number of nitrogens with zero attached hydrogens (tertiary/aromatic N) is 3. The van der Waals surface area contributed by atoms with Gasteiger partial charge in [0.15, 0.2) is 0 Å². The van der Waals surface area contributed by atoms with Gasteiger partial charge in [-0.05, 0) is 26.1 Å². The first-order chi connectivity index (χ1) is 8.67. The number of hydrogen-bond donors (Lipinski definition) is 2. The summed E-state index contributed by atoms with van der Waals surface area (Å²) in [7, 11) is 1.99. The highest BCUT2D eigenvalue weighted by molar-refractivity contribution is 5.33. The number of hydrogen-bond acceptors (Lipinski definition) is 6. The molecule has 0 spiro atoms. The maximum Gasteiger partial charge on any atom is 0.145 e. The maximum absolute atomic E-state index is 5.36. The number of anilines is 1. The molecule has 0 amide bonds. The molecule has 0 unspecified atom stereocenters. The van der Waals surface area contributed by atoms with Crippen LogP contribution in [0.15, 0.2) is 28.9 Å². The Morgan fingerprint density at radius 2 is 2.22 bits per heavy atom. The maximum atomic E-state index is 5.36. The number of nitrogens with two attached hydrogens (primary N) is 1. The van der Waals surface area contributed by atoms with Crippen LogP contribution >= 0.6 is 0 Å². The lowest BCUT2D eigenvalue weighted by molar-refractivity contribution is 0.281. The molecule has 2 heterocycles. The van der Waals surface area contributed by atoms with Crippen molar-refractivity contribution in [1.29, 1.82) is 0 Å². The summed E-state index contributed by atoms with van der Waals surface area (Å²) in [5.41, 5.74) is 3.43. The Balaban J connectivity index is 2.02. The minimum Gasteiger partial charge on any atom is -0.468 e. The Morgan fingerprint density at radius 3 is 2.89 bits per heavy atom. The van der Waals surface area contributed by atoms with Crippen LogP contribution < -0.4 is 11.3 Å². The van der Waals surface area contributed by atoms with Gasteiger partial charge in [-0.15, -0.1) is 0 Å². The normalized spacial score (nSPS) is 10.9. The highest BCUT2D eigenvalue weighted by Crippen LogP contribution is 2.09. The summed E-state index contributed by atoms with van der Waals surface area (Å²) >= 11 is 0. The van der Waals surface area contributed by atoms with Crippen molar-refractivity contribution in [1.82, 2.24) is 14.9 Å². The molecule has 0 saturated carbocycles. The van der Waals surface area contributed by atoms with Crippen LogP contribution in [0.1, 0.15) is 17.3 Å². The van der Waals surface area contributed by atoms with Crippen LogP contribution in [0.4, 0.5) is 5.82 Å². The highest BCUT2D eigenvalue weighted by atomic mass is 16.3. The SMILES string of the molecule is Cc1cc(NN)nc(CN(C)Cc2ccco2)n1. The second-order valence-corrected chi connectivity index (χ2v) is 4.21. The third-order valence-corrected chi connectivity index (χ3v) is 2.47. The van der Waals surface area contributed by atoms with Crippen LogP contribution in [0.5, 0.6) is 0 Å². The predicted molar refractivity (Wildman–Crippen MR) is 68.5 cm³/mol. The van der Waals surface area contributed by atoms with Gasteiger partial charge in [-0.1, -0.05) is 0 Å². The first-order valence-corrected chi connectivity index (χ1v) is 5.69. The third-order valence-electron chi connectivity index (χ3n) is 2.47. The Kier molecular flexibility index (Phi) is 3.91. The van der Waals surface area contributed by atoms with Crippen molar-refractivity contribution in [2.24, 2.45) is 5.84 Å². The van der Waals surface area contributed by atoms with E-state index in [1.165, 1.54) is 0 Å². The topological polar surface area (TPSA) is 80.2 Å². The second kappa shape index (κ2) is 5.61. The van der Waals surface area contributed by atoms with Crippen LogP contribution in [0.3, 0.4) is 0 Å². The second-order valence-electron chi connectivity index (χ2n) is 4.21. The smallest absolute Gasteiger partial charge is 0.145 e. The van der Waals surface area contributed by atoms with Gasteiger partial charge >= 0.3 is 0 Å². The van der Waals surface area contributed by atoms with Crippen LogP contribution in [0.2, 0.25) is 0 Å². The largest absolute Gasteiger partial charge is 0.468 e. The number of aromatic nitrogens is 2. The first-order valence-electron chi connectivity index (χ1n) is 5.69. The van der Waals surface area contributed by atoms with E-state index in [-0.39, 0.29) is 0 Å². The molecular weight excluding hydrogens is 230 g/mol. The molecular formula is C12H17N5O. The van der Waals surface area contributed by atoms with Crippen molar-refractivity contribution in [2.45, 2.75) is 20.0 Å². The van der Waals surface area contributed by atoms with Gasteiger partial charge in [0, 0.05) is 11.8 Å². The Morgan fingerprint density at radius 1 is 1.39 bits per heavy atom. The predicted octanol–water partition coefficient (Wildman–Crippen LogP) is 1.30. The van der Waals surface area contributed by atoms with E-state index in [0.29, 0.717) is 12.4 Å². The highest BCUT2D eigenvalue weighted by Gasteiger charge is 2.07. The van der Waals surface area contributed by atoms with E-state index in [2.05, 4.69) is 20.3 Å². The number of rotatable bonds is 5. The average molecular weight is 247 g/mol. The zero-order chi connectivity index (χ0) is 13.0. The fourth-order valence-electron chi connectivity index (χ4n) is 1.74. The number of hydrazine groups is 1. The molecule has 6 heteroatoms. The number of nitrogen functional groups attached to an aromatic ring is 1. The quantitative estimate of drug-likeness (QED) is 0.612. The van der Waals surface area contributed by atoms with Crippen molar-refractivity contribution >= 4 is 5.82 Å². The summed E-state index contributed by atoms with van der Waals surface area (Å²) in [4.78, 5) is 10.8. The molecule has 0 radical (unpaired) electrons. The van der Waals surface area contributed by atoms with Crippen LogP contribution in [0.25, 0.3) is 0 Å². The molecule has 2 rings (SSSR count). The molecule has 96 valence electrons. The number of furan rings is 1. The van der Waals surface area contributed by atoms with Crippen molar-refractivity contribution in [3.8, 4) is 0 Å². The van der Waals surface area contributed by atoms with Crippen LogP contribution in [-0.4, -0.2) is 21.9 Å². The van der Waals surface area contributed by atoms with Gasteiger partial charge in [-0.25, -0.2) is 15.8 Å². The van der Waals surface area contributed by atoms with Gasteiger partial charge in [0.1, 0.15) is 17.4 Å². The molecule has 0 atom stereocenters. The van der Waals surface area contributed by atoms with Crippen molar-refractivity contribution in [3.63, 3.8) is 0 Å². The van der Waals surface area contributed by atoms with Crippen LogP contribution in [0, 0.1) is 6.92 Å². The van der Waals surface area contributed by atoms with Crippen molar-refractivity contribution < 1.29 is 4.42 Å². The number of nitrogens with one attached hydrogen (secondary N) is 1. The van der Waals surface area contributed by atoms with Gasteiger partial charge in [-0.3, -0.25) is 4.90 Å². The Hall–Kier alpha value is -1.92. The lowest BCUT2D eigenvalue weighted by Gasteiger charge is -2.14. The summed E-state index contributed by atoms with van der Waals surface area (Å²) in [5, 5.41) is 0.